The van der Waals surface area contributed by atoms with Crippen LogP contribution in [0.5, 0.6) is 0 Å². The molecule has 0 radical (unpaired) electrons. The molecular formula is C29H35N3O3. The van der Waals surface area contributed by atoms with Crippen LogP contribution in [0.25, 0.3) is 11.5 Å². The number of aromatic nitrogens is 1. The van der Waals surface area contributed by atoms with Gasteiger partial charge in [-0.05, 0) is 55.5 Å². The van der Waals surface area contributed by atoms with E-state index in [2.05, 4.69) is 24.4 Å². The van der Waals surface area contributed by atoms with E-state index in [-0.39, 0.29) is 23.8 Å². The smallest absolute Gasteiger partial charge is 0.271 e. The van der Waals surface area contributed by atoms with Crippen molar-refractivity contribution in [3.05, 3.63) is 72.1 Å². The van der Waals surface area contributed by atoms with Gasteiger partial charge in [-0.2, -0.15) is 0 Å². The van der Waals surface area contributed by atoms with E-state index in [1.807, 2.05) is 54.0 Å². The zero-order chi connectivity index (χ0) is 24.4. The highest BCUT2D eigenvalue weighted by molar-refractivity contribution is 6.00. The van der Waals surface area contributed by atoms with Crippen LogP contribution in [0.3, 0.4) is 0 Å². The fourth-order valence-corrected chi connectivity index (χ4v) is 5.62. The number of carbonyl (C=O) groups is 2. The zero-order valence-corrected chi connectivity index (χ0v) is 20.7. The van der Waals surface area contributed by atoms with Crippen LogP contribution in [0, 0.1) is 0 Å². The minimum absolute atomic E-state index is 0.0669. The molecule has 1 aliphatic heterocycles. The Bertz CT molecular complexity index is 1160. The van der Waals surface area contributed by atoms with Gasteiger partial charge in [-0.1, -0.05) is 62.9 Å². The van der Waals surface area contributed by atoms with Crippen LogP contribution in [0.2, 0.25) is 0 Å². The summed E-state index contributed by atoms with van der Waals surface area (Å²) in [4.78, 5) is 29.7. The van der Waals surface area contributed by atoms with Crippen LogP contribution in [-0.2, 0) is 11.3 Å². The lowest BCUT2D eigenvalue weighted by molar-refractivity contribution is -0.133. The van der Waals surface area contributed by atoms with Crippen molar-refractivity contribution in [2.24, 2.45) is 0 Å². The SMILES string of the molecule is C[C@H](CN1C(=O)c2ccc(-c3ccco3)n2C[C@@]1(C)C(=O)NC1CCCCCC1)c1ccccc1. The van der Waals surface area contributed by atoms with Gasteiger partial charge in [0.2, 0.25) is 5.91 Å². The first-order valence-electron chi connectivity index (χ1n) is 12.9. The molecule has 5 rings (SSSR count). The monoisotopic (exact) mass is 473 g/mol. The summed E-state index contributed by atoms with van der Waals surface area (Å²) in [6.45, 7) is 4.90. The van der Waals surface area contributed by atoms with E-state index in [1.165, 1.54) is 12.8 Å². The van der Waals surface area contributed by atoms with E-state index < -0.39 is 5.54 Å². The molecule has 35 heavy (non-hydrogen) atoms. The van der Waals surface area contributed by atoms with Gasteiger partial charge >= 0.3 is 0 Å². The van der Waals surface area contributed by atoms with Gasteiger partial charge in [0.1, 0.15) is 17.0 Å². The second-order valence-corrected chi connectivity index (χ2v) is 10.3. The van der Waals surface area contributed by atoms with Crippen molar-refractivity contribution in [3.63, 3.8) is 0 Å². The lowest BCUT2D eigenvalue weighted by Gasteiger charge is -2.45. The first-order valence-corrected chi connectivity index (χ1v) is 12.9. The van der Waals surface area contributed by atoms with E-state index in [0.717, 1.165) is 36.9 Å². The first kappa shape index (κ1) is 23.5. The van der Waals surface area contributed by atoms with Crippen LogP contribution < -0.4 is 5.32 Å². The number of benzene rings is 1. The molecule has 3 heterocycles. The number of hydrogen-bond donors (Lipinski definition) is 1. The maximum Gasteiger partial charge on any atom is 0.271 e. The molecule has 0 saturated heterocycles. The summed E-state index contributed by atoms with van der Waals surface area (Å²) < 4.78 is 7.60. The Balaban J connectivity index is 1.49. The normalized spacial score (nSPS) is 21.9. The average Bonchev–Trinajstić information content (AvgIpc) is 3.47. The van der Waals surface area contributed by atoms with Gasteiger partial charge in [-0.25, -0.2) is 0 Å². The van der Waals surface area contributed by atoms with Gasteiger partial charge in [0.25, 0.3) is 5.91 Å². The highest BCUT2D eigenvalue weighted by atomic mass is 16.3. The maximum absolute atomic E-state index is 14.0. The van der Waals surface area contributed by atoms with Crippen LogP contribution >= 0.6 is 0 Å². The highest BCUT2D eigenvalue weighted by Gasteiger charge is 2.48. The lowest BCUT2D eigenvalue weighted by atomic mass is 9.91. The summed E-state index contributed by atoms with van der Waals surface area (Å²) in [5, 5.41) is 3.34. The molecule has 184 valence electrons. The van der Waals surface area contributed by atoms with Gasteiger partial charge in [-0.15, -0.1) is 0 Å². The summed E-state index contributed by atoms with van der Waals surface area (Å²) in [5.74, 6) is 0.607. The molecule has 1 N–H and O–H groups in total. The third-order valence-electron chi connectivity index (χ3n) is 7.78. The summed E-state index contributed by atoms with van der Waals surface area (Å²) >= 11 is 0. The van der Waals surface area contributed by atoms with E-state index in [4.69, 9.17) is 4.42 Å². The van der Waals surface area contributed by atoms with Crippen molar-refractivity contribution in [2.75, 3.05) is 6.54 Å². The minimum atomic E-state index is -1.01. The van der Waals surface area contributed by atoms with Crippen molar-refractivity contribution >= 4 is 11.8 Å². The number of furan rings is 1. The molecule has 2 aromatic heterocycles. The highest BCUT2D eigenvalue weighted by Crippen LogP contribution is 2.35. The number of amides is 2. The Kier molecular flexibility index (Phi) is 6.54. The molecular weight excluding hydrogens is 438 g/mol. The fraction of sp³-hybridized carbons (Fsp3) is 0.448. The molecule has 1 fully saturated rings. The van der Waals surface area contributed by atoms with Crippen LogP contribution in [0.15, 0.2) is 65.3 Å². The summed E-state index contributed by atoms with van der Waals surface area (Å²) in [5.41, 5.74) is 1.56. The van der Waals surface area contributed by atoms with E-state index in [9.17, 15) is 9.59 Å². The molecule has 2 amide bonds. The fourth-order valence-electron chi connectivity index (χ4n) is 5.62. The third kappa shape index (κ3) is 4.54. The van der Waals surface area contributed by atoms with Crippen LogP contribution in [0.1, 0.15) is 74.3 Å². The summed E-state index contributed by atoms with van der Waals surface area (Å²) in [7, 11) is 0. The molecule has 1 saturated carbocycles. The van der Waals surface area contributed by atoms with Crippen LogP contribution in [0.4, 0.5) is 0 Å². The number of nitrogens with zero attached hydrogens (tertiary/aromatic N) is 2. The third-order valence-corrected chi connectivity index (χ3v) is 7.78. The standard InChI is InChI=1S/C29H35N3O3/c1-21(22-11-6-5-7-12-22)19-32-27(33)25-17-16-24(26-15-10-18-35-26)31(25)20-29(32,2)28(34)30-23-13-8-3-4-9-14-23/h5-7,10-12,15-18,21,23H,3-4,8-9,13-14,19-20H2,1-2H3,(H,30,34)/t21-,29+/m1/s1. The average molecular weight is 474 g/mol. The molecule has 0 spiro atoms. The Hall–Kier alpha value is -3.28. The molecule has 2 aliphatic rings. The Morgan fingerprint density at radius 1 is 1.03 bits per heavy atom. The topological polar surface area (TPSA) is 67.5 Å². The molecule has 6 heteroatoms. The molecule has 0 bridgehead atoms. The molecule has 3 aromatic rings. The Morgan fingerprint density at radius 3 is 2.43 bits per heavy atom. The lowest BCUT2D eigenvalue weighted by Crippen LogP contribution is -2.65. The predicted molar refractivity (Wildman–Crippen MR) is 136 cm³/mol. The molecule has 2 atom stereocenters. The largest absolute Gasteiger partial charge is 0.463 e. The van der Waals surface area contributed by atoms with E-state index in [1.54, 1.807) is 11.2 Å². The molecule has 1 aliphatic carbocycles. The van der Waals surface area contributed by atoms with Crippen molar-refractivity contribution in [2.45, 2.75) is 76.4 Å². The molecule has 1 aromatic carbocycles. The summed E-state index contributed by atoms with van der Waals surface area (Å²) in [6, 6.07) is 17.9. The number of carbonyl (C=O) groups excluding carboxylic acids is 2. The van der Waals surface area contributed by atoms with Gasteiger partial charge < -0.3 is 19.2 Å². The van der Waals surface area contributed by atoms with Crippen molar-refractivity contribution in [1.82, 2.24) is 14.8 Å². The second-order valence-electron chi connectivity index (χ2n) is 10.3. The predicted octanol–water partition coefficient (Wildman–Crippen LogP) is 5.61. The van der Waals surface area contributed by atoms with E-state index >= 15 is 0 Å². The van der Waals surface area contributed by atoms with Crippen molar-refractivity contribution in [3.8, 4) is 11.5 Å². The van der Waals surface area contributed by atoms with Gasteiger partial charge in [0.15, 0.2) is 0 Å². The Morgan fingerprint density at radius 2 is 1.74 bits per heavy atom. The first-order chi connectivity index (χ1) is 17.0. The summed E-state index contributed by atoms with van der Waals surface area (Å²) in [6.07, 6.45) is 8.36. The van der Waals surface area contributed by atoms with Crippen molar-refractivity contribution in [1.29, 1.82) is 0 Å². The van der Waals surface area contributed by atoms with Crippen molar-refractivity contribution < 1.29 is 14.0 Å². The van der Waals surface area contributed by atoms with Gasteiger partial charge in [-0.3, -0.25) is 9.59 Å². The second kappa shape index (κ2) is 9.76. The van der Waals surface area contributed by atoms with Gasteiger partial charge in [0.05, 0.1) is 18.5 Å². The number of nitrogens with one attached hydrogen (secondary N) is 1. The molecule has 6 nitrogen and oxygen atoms in total. The maximum atomic E-state index is 14.0. The minimum Gasteiger partial charge on any atom is -0.463 e. The Labute approximate surface area is 207 Å². The molecule has 0 unspecified atom stereocenters. The van der Waals surface area contributed by atoms with Crippen LogP contribution in [-0.4, -0.2) is 39.4 Å². The zero-order valence-electron chi connectivity index (χ0n) is 20.7. The quantitative estimate of drug-likeness (QED) is 0.474. The number of rotatable bonds is 6. The van der Waals surface area contributed by atoms with Gasteiger partial charge in [0, 0.05) is 12.6 Å². The van der Waals surface area contributed by atoms with E-state index in [0.29, 0.717) is 24.5 Å². The number of fused-ring (bicyclic) bond motifs is 1. The number of hydrogen-bond acceptors (Lipinski definition) is 3.